The molecule has 178 valence electrons. The Balaban J connectivity index is 1.76. The fourth-order valence-corrected chi connectivity index (χ4v) is 4.13. The normalized spacial score (nSPS) is 11.7. The number of aromatic hydroxyl groups is 2. The number of azo groups is 1. The summed E-state index contributed by atoms with van der Waals surface area (Å²) >= 11 is 0. The lowest BCUT2D eigenvalue weighted by Gasteiger charge is -2.13. The lowest BCUT2D eigenvalue weighted by molar-refractivity contribution is 0.102. The van der Waals surface area contributed by atoms with Gasteiger partial charge >= 0.3 is 0 Å². The maximum absolute atomic E-state index is 13.1. The van der Waals surface area contributed by atoms with Crippen molar-refractivity contribution in [3.05, 3.63) is 83.4 Å². The molecule has 0 atom stereocenters. The van der Waals surface area contributed by atoms with Crippen LogP contribution in [0.15, 0.2) is 81.9 Å². The highest BCUT2D eigenvalue weighted by atomic mass is 32.2. The van der Waals surface area contributed by atoms with E-state index in [1.165, 1.54) is 6.07 Å². The lowest BCUT2D eigenvalue weighted by Crippen LogP contribution is -2.13. The van der Waals surface area contributed by atoms with Crippen LogP contribution >= 0.6 is 0 Å². The third-order valence-corrected chi connectivity index (χ3v) is 6.22. The van der Waals surface area contributed by atoms with Crippen LogP contribution in [0.2, 0.25) is 0 Å². The van der Waals surface area contributed by atoms with E-state index in [2.05, 4.69) is 15.5 Å². The van der Waals surface area contributed by atoms with Crippen molar-refractivity contribution in [1.82, 2.24) is 0 Å². The summed E-state index contributed by atoms with van der Waals surface area (Å²) in [6.07, 6.45) is 0. The number of aryl methyl sites for hydroxylation is 2. The molecule has 0 aromatic heterocycles. The lowest BCUT2D eigenvalue weighted by atomic mass is 10.0. The highest BCUT2D eigenvalue weighted by Crippen LogP contribution is 2.40. The van der Waals surface area contributed by atoms with Crippen LogP contribution in [0, 0.1) is 13.8 Å². The van der Waals surface area contributed by atoms with Gasteiger partial charge in [0.2, 0.25) is 0 Å². The Morgan fingerprint density at radius 1 is 0.857 bits per heavy atom. The van der Waals surface area contributed by atoms with Gasteiger partial charge in [-0.3, -0.25) is 9.35 Å². The van der Waals surface area contributed by atoms with Crippen LogP contribution in [0.1, 0.15) is 21.5 Å². The molecule has 0 aliphatic heterocycles. The van der Waals surface area contributed by atoms with E-state index in [0.717, 1.165) is 29.3 Å². The van der Waals surface area contributed by atoms with Gasteiger partial charge in [0.15, 0.2) is 0 Å². The van der Waals surface area contributed by atoms with Gasteiger partial charge in [-0.1, -0.05) is 42.0 Å². The minimum Gasteiger partial charge on any atom is -0.506 e. The predicted molar refractivity (Wildman–Crippen MR) is 132 cm³/mol. The molecule has 0 spiro atoms. The van der Waals surface area contributed by atoms with Crippen LogP contribution in [-0.2, 0) is 10.1 Å². The van der Waals surface area contributed by atoms with E-state index < -0.39 is 20.9 Å². The summed E-state index contributed by atoms with van der Waals surface area (Å²) in [6, 6.07) is 16.7. The number of anilines is 1. The topological polar surface area (TPSA) is 149 Å². The first-order valence-electron chi connectivity index (χ1n) is 10.4. The van der Waals surface area contributed by atoms with Crippen molar-refractivity contribution in [3.8, 4) is 11.5 Å². The highest BCUT2D eigenvalue weighted by molar-refractivity contribution is 7.85. The van der Waals surface area contributed by atoms with Crippen LogP contribution in [0.5, 0.6) is 11.5 Å². The van der Waals surface area contributed by atoms with Crippen LogP contribution in [0.3, 0.4) is 0 Å². The number of phenolic OH excluding ortho intramolecular Hbond substituents is 2. The van der Waals surface area contributed by atoms with Gasteiger partial charge in [0, 0.05) is 11.1 Å². The Kier molecular flexibility index (Phi) is 6.25. The Morgan fingerprint density at radius 3 is 2.26 bits per heavy atom. The maximum atomic E-state index is 13.1. The van der Waals surface area contributed by atoms with Crippen molar-refractivity contribution in [3.63, 3.8) is 0 Å². The molecule has 0 radical (unpaired) electrons. The Hall–Kier alpha value is -4.28. The third kappa shape index (κ3) is 4.98. The van der Waals surface area contributed by atoms with E-state index in [0.29, 0.717) is 16.5 Å². The van der Waals surface area contributed by atoms with Crippen LogP contribution in [0.25, 0.3) is 10.8 Å². The van der Waals surface area contributed by atoms with Crippen LogP contribution in [-0.4, -0.2) is 29.1 Å². The fraction of sp³-hybridized carbons (Fsp3) is 0.0800. The summed E-state index contributed by atoms with van der Waals surface area (Å²) in [5.74, 6) is -1.15. The van der Waals surface area contributed by atoms with Crippen molar-refractivity contribution in [1.29, 1.82) is 0 Å². The van der Waals surface area contributed by atoms with Gasteiger partial charge in [-0.25, -0.2) is 0 Å². The minimum absolute atomic E-state index is 0.0142. The summed E-state index contributed by atoms with van der Waals surface area (Å²) in [5.41, 5.74) is 2.59. The SMILES string of the molecule is Cc1ccc(NC(=O)c2cc(O)c(N=Nc3cc(S(=O)(=O)O)ccc3O)c3ccccc23)c(C)c1. The van der Waals surface area contributed by atoms with Crippen LogP contribution < -0.4 is 5.32 Å². The second-order valence-electron chi connectivity index (χ2n) is 7.94. The molecule has 0 bridgehead atoms. The molecular formula is C25H21N3O6S. The van der Waals surface area contributed by atoms with E-state index in [9.17, 15) is 28.0 Å². The van der Waals surface area contributed by atoms with Crippen molar-refractivity contribution in [2.75, 3.05) is 5.32 Å². The molecule has 0 fully saturated rings. The molecule has 9 nitrogen and oxygen atoms in total. The number of nitrogens with one attached hydrogen (secondary N) is 1. The van der Waals surface area contributed by atoms with Crippen molar-refractivity contribution < 1.29 is 28.0 Å². The second-order valence-corrected chi connectivity index (χ2v) is 9.36. The number of nitrogens with zero attached hydrogens (tertiary/aromatic N) is 2. The summed E-state index contributed by atoms with van der Waals surface area (Å²) in [5, 5.41) is 32.3. The quantitative estimate of drug-likeness (QED) is 0.205. The zero-order chi connectivity index (χ0) is 25.3. The van der Waals surface area contributed by atoms with E-state index in [1.54, 1.807) is 30.3 Å². The number of hydrogen-bond acceptors (Lipinski definition) is 7. The van der Waals surface area contributed by atoms with E-state index >= 15 is 0 Å². The minimum atomic E-state index is -4.52. The molecule has 4 aromatic carbocycles. The monoisotopic (exact) mass is 491 g/mol. The van der Waals surface area contributed by atoms with Gasteiger partial charge < -0.3 is 15.5 Å². The molecule has 4 N–H and O–H groups in total. The van der Waals surface area contributed by atoms with Gasteiger partial charge in [0.25, 0.3) is 16.0 Å². The first-order valence-corrected chi connectivity index (χ1v) is 11.8. The molecule has 35 heavy (non-hydrogen) atoms. The average molecular weight is 492 g/mol. The molecule has 1 amide bonds. The van der Waals surface area contributed by atoms with Gasteiger partial charge in [0.1, 0.15) is 22.9 Å². The van der Waals surface area contributed by atoms with E-state index in [1.807, 2.05) is 26.0 Å². The Morgan fingerprint density at radius 2 is 1.57 bits per heavy atom. The van der Waals surface area contributed by atoms with Gasteiger partial charge in [-0.2, -0.15) is 8.42 Å². The number of carbonyl (C=O) groups is 1. The average Bonchev–Trinajstić information content (AvgIpc) is 2.80. The van der Waals surface area contributed by atoms with E-state index in [4.69, 9.17) is 0 Å². The molecule has 0 aliphatic carbocycles. The number of fused-ring (bicyclic) bond motifs is 1. The molecule has 0 saturated heterocycles. The summed E-state index contributed by atoms with van der Waals surface area (Å²) in [4.78, 5) is 12.6. The van der Waals surface area contributed by atoms with Crippen LogP contribution in [0.4, 0.5) is 17.1 Å². The molecule has 0 saturated carbocycles. The number of rotatable bonds is 5. The first-order chi connectivity index (χ1) is 16.5. The summed E-state index contributed by atoms with van der Waals surface area (Å²) < 4.78 is 32.0. The molecule has 0 aliphatic rings. The largest absolute Gasteiger partial charge is 0.506 e. The molecule has 4 rings (SSSR count). The predicted octanol–water partition coefficient (Wildman–Crippen LogP) is 5.78. The maximum Gasteiger partial charge on any atom is 0.294 e. The standard InChI is InChI=1S/C25H21N3O6S/c1-14-7-9-20(15(2)11-14)26-25(31)19-13-23(30)24(18-6-4-3-5-17(18)19)28-27-21-12-16(35(32,33)34)8-10-22(21)29/h3-13,29-30H,1-2H3,(H,26,31)(H,32,33,34). The van der Waals surface area contributed by atoms with Gasteiger partial charge in [0.05, 0.1) is 10.5 Å². The van der Waals surface area contributed by atoms with Gasteiger partial charge in [-0.05, 0) is 55.1 Å². The fourth-order valence-electron chi connectivity index (χ4n) is 3.63. The second kappa shape index (κ2) is 9.16. The summed E-state index contributed by atoms with van der Waals surface area (Å²) in [7, 11) is -4.52. The molecule has 0 unspecified atom stereocenters. The summed E-state index contributed by atoms with van der Waals surface area (Å²) in [6.45, 7) is 3.84. The third-order valence-electron chi connectivity index (χ3n) is 5.37. The number of benzene rings is 4. The number of hydrogen-bond donors (Lipinski definition) is 4. The van der Waals surface area contributed by atoms with E-state index in [-0.39, 0.29) is 28.4 Å². The smallest absolute Gasteiger partial charge is 0.294 e. The number of phenols is 2. The molecule has 0 heterocycles. The zero-order valence-corrected chi connectivity index (χ0v) is 19.5. The number of amides is 1. The molecule has 10 heteroatoms. The van der Waals surface area contributed by atoms with Crippen molar-refractivity contribution in [2.24, 2.45) is 10.2 Å². The molecular weight excluding hydrogens is 470 g/mol. The highest BCUT2D eigenvalue weighted by Gasteiger charge is 2.18. The first kappa shape index (κ1) is 23.9. The zero-order valence-electron chi connectivity index (χ0n) is 18.7. The Bertz CT molecular complexity index is 1610. The number of carbonyl (C=O) groups excluding carboxylic acids is 1. The van der Waals surface area contributed by atoms with Crippen molar-refractivity contribution >= 4 is 43.9 Å². The molecule has 4 aromatic rings. The van der Waals surface area contributed by atoms with Crippen molar-refractivity contribution in [2.45, 2.75) is 18.7 Å². The van der Waals surface area contributed by atoms with Gasteiger partial charge in [-0.15, -0.1) is 10.2 Å². The Labute approximate surface area is 201 Å².